The Bertz CT molecular complexity index is 495. The van der Waals surface area contributed by atoms with Gasteiger partial charge in [0.2, 0.25) is 5.13 Å². The van der Waals surface area contributed by atoms with Crippen LogP contribution >= 0.6 is 11.5 Å². The second-order valence-corrected chi connectivity index (χ2v) is 3.85. The van der Waals surface area contributed by atoms with Gasteiger partial charge in [-0.3, -0.25) is 0 Å². The Morgan fingerprint density at radius 2 is 2.12 bits per heavy atom. The number of anilines is 2. The van der Waals surface area contributed by atoms with Crippen LogP contribution in [0.4, 0.5) is 10.8 Å². The van der Waals surface area contributed by atoms with E-state index in [0.29, 0.717) is 16.7 Å². The summed E-state index contributed by atoms with van der Waals surface area (Å²) in [5.74, 6) is 0.436. The van der Waals surface area contributed by atoms with Gasteiger partial charge in [0.15, 0.2) is 5.82 Å². The quantitative estimate of drug-likeness (QED) is 0.486. The van der Waals surface area contributed by atoms with E-state index < -0.39 is 0 Å². The van der Waals surface area contributed by atoms with Crippen molar-refractivity contribution in [3.05, 3.63) is 36.2 Å². The van der Waals surface area contributed by atoms with E-state index in [2.05, 4.69) is 19.8 Å². The average molecular weight is 234 g/mol. The van der Waals surface area contributed by atoms with Crippen molar-refractivity contribution >= 4 is 28.1 Å². The van der Waals surface area contributed by atoms with Crippen LogP contribution in [0.3, 0.4) is 0 Å². The topological polar surface area (TPSA) is 70.4 Å². The highest BCUT2D eigenvalue weighted by Gasteiger charge is 2.06. The summed E-state index contributed by atoms with van der Waals surface area (Å²) in [5, 5.41) is 15.4. The number of nitrogens with one attached hydrogen (secondary N) is 1. The summed E-state index contributed by atoms with van der Waals surface area (Å²) in [7, 11) is 0. The first-order chi connectivity index (χ1) is 7.79. The first kappa shape index (κ1) is 10.6. The number of rotatable bonds is 3. The maximum atomic E-state index is 8.58. The van der Waals surface area contributed by atoms with Crippen molar-refractivity contribution in [1.82, 2.24) is 9.36 Å². The number of benzene rings is 1. The van der Waals surface area contributed by atoms with Crippen molar-refractivity contribution in [2.45, 2.75) is 6.92 Å². The van der Waals surface area contributed by atoms with Crippen LogP contribution in [-0.4, -0.2) is 20.3 Å². The normalized spacial score (nSPS) is 11.4. The number of para-hydroxylation sites is 1. The maximum Gasteiger partial charge on any atom is 0.207 e. The molecule has 0 saturated carbocycles. The van der Waals surface area contributed by atoms with Gasteiger partial charge in [0, 0.05) is 17.2 Å². The van der Waals surface area contributed by atoms with Crippen LogP contribution in [0.5, 0.6) is 0 Å². The van der Waals surface area contributed by atoms with Crippen LogP contribution in [-0.2, 0) is 0 Å². The zero-order valence-corrected chi connectivity index (χ0v) is 9.40. The summed E-state index contributed by atoms with van der Waals surface area (Å²) in [6, 6.07) is 9.69. The number of oxime groups is 1. The highest BCUT2D eigenvalue weighted by atomic mass is 32.1. The van der Waals surface area contributed by atoms with E-state index in [4.69, 9.17) is 5.21 Å². The molecule has 0 atom stereocenters. The molecule has 0 radical (unpaired) electrons. The molecule has 1 aromatic carbocycles. The standard InChI is InChI=1S/C10H10N4OS/c1-7(13-15)9-12-10(16-14-9)11-8-5-3-2-4-6-8/h2-6,15H,1H3,(H,11,12,14)/b13-7+. The molecule has 16 heavy (non-hydrogen) atoms. The largest absolute Gasteiger partial charge is 0.411 e. The number of nitrogens with zero attached hydrogens (tertiary/aromatic N) is 3. The van der Waals surface area contributed by atoms with Crippen molar-refractivity contribution in [1.29, 1.82) is 0 Å². The molecule has 0 saturated heterocycles. The van der Waals surface area contributed by atoms with Crippen LogP contribution in [0.1, 0.15) is 12.7 Å². The third-order valence-electron chi connectivity index (χ3n) is 1.92. The highest BCUT2D eigenvalue weighted by Crippen LogP contribution is 2.18. The molecule has 2 aromatic rings. The molecule has 0 amide bonds. The molecule has 82 valence electrons. The minimum atomic E-state index is 0.400. The Morgan fingerprint density at radius 3 is 2.81 bits per heavy atom. The van der Waals surface area contributed by atoms with Crippen molar-refractivity contribution in [2.75, 3.05) is 5.32 Å². The second-order valence-electron chi connectivity index (χ2n) is 3.10. The van der Waals surface area contributed by atoms with Gasteiger partial charge < -0.3 is 10.5 Å². The van der Waals surface area contributed by atoms with Crippen molar-refractivity contribution in [3.8, 4) is 0 Å². The van der Waals surface area contributed by atoms with E-state index in [1.165, 1.54) is 11.5 Å². The Morgan fingerprint density at radius 1 is 1.38 bits per heavy atom. The average Bonchev–Trinajstić information content (AvgIpc) is 2.78. The van der Waals surface area contributed by atoms with Crippen molar-refractivity contribution in [2.24, 2.45) is 5.16 Å². The molecule has 6 heteroatoms. The molecule has 0 bridgehead atoms. The zero-order valence-electron chi connectivity index (χ0n) is 8.58. The molecule has 1 aromatic heterocycles. The van der Waals surface area contributed by atoms with E-state index in [9.17, 15) is 0 Å². The first-order valence-corrected chi connectivity index (χ1v) is 5.42. The van der Waals surface area contributed by atoms with Gasteiger partial charge in [0.05, 0.1) is 0 Å². The smallest absolute Gasteiger partial charge is 0.207 e. The Labute approximate surface area is 96.6 Å². The Balaban J connectivity index is 2.15. The van der Waals surface area contributed by atoms with Crippen LogP contribution in [0, 0.1) is 0 Å². The van der Waals surface area contributed by atoms with E-state index in [0.717, 1.165) is 5.69 Å². The minimum Gasteiger partial charge on any atom is -0.411 e. The van der Waals surface area contributed by atoms with Crippen LogP contribution in [0.15, 0.2) is 35.5 Å². The molecule has 1 heterocycles. The first-order valence-electron chi connectivity index (χ1n) is 4.64. The van der Waals surface area contributed by atoms with Crippen molar-refractivity contribution in [3.63, 3.8) is 0 Å². The summed E-state index contributed by atoms with van der Waals surface area (Å²) in [5.41, 5.74) is 1.35. The molecule has 5 nitrogen and oxygen atoms in total. The highest BCUT2D eigenvalue weighted by molar-refractivity contribution is 7.09. The molecule has 0 aliphatic carbocycles. The summed E-state index contributed by atoms with van der Waals surface area (Å²) < 4.78 is 4.06. The lowest BCUT2D eigenvalue weighted by Crippen LogP contribution is -1.97. The molecular weight excluding hydrogens is 224 g/mol. The SMILES string of the molecule is C/C(=N\O)c1nsc(Nc2ccccc2)n1. The molecule has 0 fully saturated rings. The molecule has 2 rings (SSSR count). The molecule has 0 unspecified atom stereocenters. The van der Waals surface area contributed by atoms with Crippen LogP contribution in [0.25, 0.3) is 0 Å². The summed E-state index contributed by atoms with van der Waals surface area (Å²) in [4.78, 5) is 4.18. The van der Waals surface area contributed by atoms with Gasteiger partial charge in [-0.15, -0.1) is 0 Å². The molecule has 2 N–H and O–H groups in total. The Kier molecular flexibility index (Phi) is 3.11. The number of hydrogen-bond acceptors (Lipinski definition) is 6. The molecule has 0 aliphatic heterocycles. The fourth-order valence-corrected chi connectivity index (χ4v) is 1.75. The fourth-order valence-electron chi connectivity index (χ4n) is 1.11. The van der Waals surface area contributed by atoms with Crippen LogP contribution < -0.4 is 5.32 Å². The van der Waals surface area contributed by atoms with E-state index in [1.807, 2.05) is 30.3 Å². The lowest BCUT2D eigenvalue weighted by Gasteiger charge is -1.99. The van der Waals surface area contributed by atoms with Gasteiger partial charge in [-0.2, -0.15) is 9.36 Å². The van der Waals surface area contributed by atoms with E-state index >= 15 is 0 Å². The number of aromatic nitrogens is 2. The number of hydrogen-bond donors (Lipinski definition) is 2. The summed E-state index contributed by atoms with van der Waals surface area (Å²) >= 11 is 1.22. The summed E-state index contributed by atoms with van der Waals surface area (Å²) in [6.07, 6.45) is 0. The van der Waals surface area contributed by atoms with Gasteiger partial charge >= 0.3 is 0 Å². The molecule has 0 spiro atoms. The third-order valence-corrected chi connectivity index (χ3v) is 2.56. The monoisotopic (exact) mass is 234 g/mol. The van der Waals surface area contributed by atoms with Gasteiger partial charge in [-0.1, -0.05) is 23.4 Å². The Hall–Kier alpha value is -1.95. The lowest BCUT2D eigenvalue weighted by atomic mass is 10.3. The minimum absolute atomic E-state index is 0.400. The van der Waals surface area contributed by atoms with Gasteiger partial charge in [0.25, 0.3) is 0 Å². The fraction of sp³-hybridized carbons (Fsp3) is 0.100. The summed E-state index contributed by atoms with van der Waals surface area (Å²) in [6.45, 7) is 1.65. The van der Waals surface area contributed by atoms with Gasteiger partial charge in [-0.25, -0.2) is 0 Å². The van der Waals surface area contributed by atoms with Gasteiger partial charge in [-0.05, 0) is 19.1 Å². The molecular formula is C10H10N4OS. The maximum absolute atomic E-state index is 8.58. The zero-order chi connectivity index (χ0) is 11.4. The van der Waals surface area contributed by atoms with E-state index in [-0.39, 0.29) is 0 Å². The second kappa shape index (κ2) is 4.71. The predicted molar refractivity (Wildman–Crippen MR) is 63.6 cm³/mol. The van der Waals surface area contributed by atoms with Crippen molar-refractivity contribution < 1.29 is 5.21 Å². The van der Waals surface area contributed by atoms with E-state index in [1.54, 1.807) is 6.92 Å². The lowest BCUT2D eigenvalue weighted by molar-refractivity contribution is 0.319. The van der Waals surface area contributed by atoms with Crippen LogP contribution in [0.2, 0.25) is 0 Å². The predicted octanol–water partition coefficient (Wildman–Crippen LogP) is 2.48. The molecule has 0 aliphatic rings. The van der Waals surface area contributed by atoms with Gasteiger partial charge in [0.1, 0.15) is 5.71 Å². The third kappa shape index (κ3) is 2.34.